The van der Waals surface area contributed by atoms with Crippen LogP contribution in [-0.2, 0) is 21.4 Å². The molecular formula is C26H29N3O4S. The molecule has 7 nitrogen and oxygen atoms in total. The Balaban J connectivity index is 1.72. The van der Waals surface area contributed by atoms with Crippen molar-refractivity contribution in [3.63, 3.8) is 0 Å². The van der Waals surface area contributed by atoms with Gasteiger partial charge < -0.3 is 10.2 Å². The largest absolute Gasteiger partial charge is 0.329 e. The molecule has 0 unspecified atom stereocenters. The van der Waals surface area contributed by atoms with Gasteiger partial charge in [-0.1, -0.05) is 61.5 Å². The van der Waals surface area contributed by atoms with Crippen LogP contribution in [0.3, 0.4) is 0 Å². The summed E-state index contributed by atoms with van der Waals surface area (Å²) in [6.45, 7) is 4.17. The van der Waals surface area contributed by atoms with Crippen molar-refractivity contribution in [3.8, 4) is 0 Å². The molecule has 34 heavy (non-hydrogen) atoms. The molecule has 0 spiro atoms. The lowest BCUT2D eigenvalue weighted by molar-refractivity contribution is -0.116. The first-order valence-corrected chi connectivity index (χ1v) is 12.6. The Labute approximate surface area is 200 Å². The second-order valence-electron chi connectivity index (χ2n) is 7.93. The predicted octanol–water partition coefficient (Wildman–Crippen LogP) is 3.96. The Morgan fingerprint density at radius 3 is 2.32 bits per heavy atom. The molecule has 8 heteroatoms. The minimum Gasteiger partial charge on any atom is -0.329 e. The summed E-state index contributed by atoms with van der Waals surface area (Å²) in [6, 6.07) is 22.5. The molecule has 0 fully saturated rings. The molecule has 0 heterocycles. The van der Waals surface area contributed by atoms with Crippen molar-refractivity contribution in [2.24, 2.45) is 0 Å². The van der Waals surface area contributed by atoms with E-state index in [0.29, 0.717) is 18.7 Å². The molecule has 0 aliphatic rings. The van der Waals surface area contributed by atoms with E-state index in [2.05, 4.69) is 10.0 Å². The van der Waals surface area contributed by atoms with E-state index in [1.54, 1.807) is 12.1 Å². The van der Waals surface area contributed by atoms with E-state index in [4.69, 9.17) is 0 Å². The number of sulfonamides is 1. The maximum Gasteiger partial charge on any atom is 0.254 e. The van der Waals surface area contributed by atoms with Crippen LogP contribution in [0.4, 0.5) is 5.69 Å². The number of anilines is 1. The first-order chi connectivity index (χ1) is 16.3. The van der Waals surface area contributed by atoms with Gasteiger partial charge in [-0.25, -0.2) is 13.1 Å². The average Bonchev–Trinajstić information content (AvgIpc) is 2.84. The van der Waals surface area contributed by atoms with Crippen molar-refractivity contribution in [1.82, 2.24) is 9.62 Å². The van der Waals surface area contributed by atoms with E-state index >= 15 is 0 Å². The number of aryl methyl sites for hydroxylation is 1. The van der Waals surface area contributed by atoms with Crippen LogP contribution < -0.4 is 10.0 Å². The standard InChI is InChI=1S/C26H29N3O4S/c1-3-16-29(19-25(30)28-24-15-8-7-10-20(24)2)26(31)22-13-9-14-23(17-22)34(32,33)27-18-21-11-5-4-6-12-21/h4-15,17,27H,3,16,18-19H2,1-2H3,(H,28,30). The zero-order valence-electron chi connectivity index (χ0n) is 19.3. The average molecular weight is 480 g/mol. The lowest BCUT2D eigenvalue weighted by atomic mass is 10.2. The number of benzene rings is 3. The fraction of sp³-hybridized carbons (Fsp3) is 0.231. The van der Waals surface area contributed by atoms with Crippen molar-refractivity contribution in [3.05, 3.63) is 95.6 Å². The lowest BCUT2D eigenvalue weighted by Gasteiger charge is -2.22. The minimum atomic E-state index is -3.82. The maximum absolute atomic E-state index is 13.2. The quantitative estimate of drug-likeness (QED) is 0.460. The molecule has 3 aromatic carbocycles. The Kier molecular flexibility index (Phi) is 8.56. The molecule has 2 N–H and O–H groups in total. The number of carbonyl (C=O) groups excluding carboxylic acids is 2. The number of hydrogen-bond donors (Lipinski definition) is 2. The maximum atomic E-state index is 13.2. The predicted molar refractivity (Wildman–Crippen MR) is 133 cm³/mol. The lowest BCUT2D eigenvalue weighted by Crippen LogP contribution is -2.38. The minimum absolute atomic E-state index is 0.00454. The summed E-state index contributed by atoms with van der Waals surface area (Å²) >= 11 is 0. The van der Waals surface area contributed by atoms with Crippen molar-refractivity contribution in [2.45, 2.75) is 31.7 Å². The Morgan fingerprint density at radius 1 is 0.912 bits per heavy atom. The van der Waals surface area contributed by atoms with E-state index in [0.717, 1.165) is 11.1 Å². The highest BCUT2D eigenvalue weighted by atomic mass is 32.2. The molecule has 0 aliphatic carbocycles. The van der Waals surface area contributed by atoms with Crippen LogP contribution in [0, 0.1) is 6.92 Å². The van der Waals surface area contributed by atoms with Gasteiger partial charge in [0.05, 0.1) is 4.90 Å². The number of nitrogens with zero attached hydrogens (tertiary/aromatic N) is 1. The third kappa shape index (κ3) is 6.76. The van der Waals surface area contributed by atoms with Gasteiger partial charge in [-0.05, 0) is 48.7 Å². The first-order valence-electron chi connectivity index (χ1n) is 11.1. The van der Waals surface area contributed by atoms with E-state index < -0.39 is 15.9 Å². The molecule has 0 radical (unpaired) electrons. The molecule has 0 aliphatic heterocycles. The van der Waals surface area contributed by atoms with E-state index in [-0.39, 0.29) is 29.5 Å². The summed E-state index contributed by atoms with van der Waals surface area (Å²) in [7, 11) is -3.82. The normalized spacial score (nSPS) is 11.1. The molecular weight excluding hydrogens is 450 g/mol. The number of nitrogens with one attached hydrogen (secondary N) is 2. The van der Waals surface area contributed by atoms with Gasteiger partial charge in [0, 0.05) is 24.3 Å². The fourth-order valence-corrected chi connectivity index (χ4v) is 4.50. The fourth-order valence-electron chi connectivity index (χ4n) is 3.43. The summed E-state index contributed by atoms with van der Waals surface area (Å²) in [5, 5.41) is 2.83. The summed E-state index contributed by atoms with van der Waals surface area (Å²) in [6.07, 6.45) is 0.653. The van der Waals surface area contributed by atoms with Crippen LogP contribution >= 0.6 is 0 Å². The van der Waals surface area contributed by atoms with Gasteiger partial charge in [0.15, 0.2) is 0 Å². The van der Waals surface area contributed by atoms with Gasteiger partial charge in [-0.2, -0.15) is 0 Å². The van der Waals surface area contributed by atoms with Crippen LogP contribution in [0.25, 0.3) is 0 Å². The van der Waals surface area contributed by atoms with Crippen molar-refractivity contribution in [2.75, 3.05) is 18.4 Å². The number of rotatable bonds is 10. The summed E-state index contributed by atoms with van der Waals surface area (Å²) < 4.78 is 28.1. The highest BCUT2D eigenvalue weighted by Gasteiger charge is 2.21. The van der Waals surface area contributed by atoms with Crippen LogP contribution in [-0.4, -0.2) is 38.2 Å². The van der Waals surface area contributed by atoms with E-state index in [1.165, 1.54) is 23.1 Å². The Bertz CT molecular complexity index is 1240. The molecule has 0 saturated carbocycles. The number of carbonyl (C=O) groups is 2. The van der Waals surface area contributed by atoms with Crippen molar-refractivity contribution in [1.29, 1.82) is 0 Å². The van der Waals surface area contributed by atoms with Gasteiger partial charge in [-0.15, -0.1) is 0 Å². The zero-order valence-corrected chi connectivity index (χ0v) is 20.1. The molecule has 3 rings (SSSR count). The molecule has 178 valence electrons. The van der Waals surface area contributed by atoms with Gasteiger partial charge in [-0.3, -0.25) is 9.59 Å². The van der Waals surface area contributed by atoms with Crippen LogP contribution in [0.5, 0.6) is 0 Å². The Hall–Kier alpha value is -3.49. The van der Waals surface area contributed by atoms with Crippen LogP contribution in [0.15, 0.2) is 83.8 Å². The second kappa shape index (κ2) is 11.6. The van der Waals surface area contributed by atoms with Crippen molar-refractivity contribution < 1.29 is 18.0 Å². The highest BCUT2D eigenvalue weighted by Crippen LogP contribution is 2.16. The SMILES string of the molecule is CCCN(CC(=O)Nc1ccccc1C)C(=O)c1cccc(S(=O)(=O)NCc2ccccc2)c1. The second-order valence-corrected chi connectivity index (χ2v) is 9.69. The molecule has 0 bridgehead atoms. The number of para-hydroxylation sites is 1. The summed E-state index contributed by atoms with van der Waals surface area (Å²) in [5.74, 6) is -0.716. The van der Waals surface area contributed by atoms with Gasteiger partial charge >= 0.3 is 0 Å². The van der Waals surface area contributed by atoms with Gasteiger partial charge in [0.1, 0.15) is 6.54 Å². The number of amides is 2. The van der Waals surface area contributed by atoms with Gasteiger partial charge in [0.2, 0.25) is 15.9 Å². The van der Waals surface area contributed by atoms with E-state index in [9.17, 15) is 18.0 Å². The third-order valence-electron chi connectivity index (χ3n) is 5.23. The monoisotopic (exact) mass is 479 g/mol. The van der Waals surface area contributed by atoms with Crippen LogP contribution in [0.2, 0.25) is 0 Å². The smallest absolute Gasteiger partial charge is 0.254 e. The van der Waals surface area contributed by atoms with Gasteiger partial charge in [0.25, 0.3) is 5.91 Å². The third-order valence-corrected chi connectivity index (χ3v) is 6.63. The van der Waals surface area contributed by atoms with Crippen LogP contribution in [0.1, 0.15) is 34.8 Å². The summed E-state index contributed by atoms with van der Waals surface area (Å²) in [4.78, 5) is 27.2. The Morgan fingerprint density at radius 2 is 1.62 bits per heavy atom. The molecule has 3 aromatic rings. The molecule has 0 atom stereocenters. The zero-order chi connectivity index (χ0) is 24.6. The molecule has 0 saturated heterocycles. The van der Waals surface area contributed by atoms with E-state index in [1.807, 2.05) is 62.4 Å². The molecule has 2 amide bonds. The first kappa shape index (κ1) is 25.1. The topological polar surface area (TPSA) is 95.6 Å². The van der Waals surface area contributed by atoms with Crippen molar-refractivity contribution >= 4 is 27.5 Å². The number of hydrogen-bond acceptors (Lipinski definition) is 4. The summed E-state index contributed by atoms with van der Waals surface area (Å²) in [5.41, 5.74) is 2.64. The highest BCUT2D eigenvalue weighted by molar-refractivity contribution is 7.89. The molecule has 0 aromatic heterocycles.